The molecule has 4 nitrogen and oxygen atoms in total. The summed E-state index contributed by atoms with van der Waals surface area (Å²) in [5.74, 6) is 1.88. The molecular weight excluding hydrogens is 399 g/mol. The van der Waals surface area contributed by atoms with E-state index in [1.165, 1.54) is 0 Å². The predicted molar refractivity (Wildman–Crippen MR) is 97.3 cm³/mol. The number of nitrogens with two attached hydrogens (primary N) is 1. The number of aromatic nitrogens is 2. The Balaban J connectivity index is 2.46. The molecule has 6 heteroatoms. The summed E-state index contributed by atoms with van der Waals surface area (Å²) in [5.41, 5.74) is 7.46. The molecule has 112 valence electrons. The lowest BCUT2D eigenvalue weighted by Gasteiger charge is -2.20. The Morgan fingerprint density at radius 1 is 1.24 bits per heavy atom. The van der Waals surface area contributed by atoms with Gasteiger partial charge in [-0.3, -0.25) is 0 Å². The fourth-order valence-electron chi connectivity index (χ4n) is 1.71. The number of hydrogen-bond acceptors (Lipinski definition) is 4. The van der Waals surface area contributed by atoms with Crippen molar-refractivity contribution >= 4 is 51.5 Å². The predicted octanol–water partition coefficient (Wildman–Crippen LogP) is 4.67. The molecule has 0 saturated carbocycles. The van der Waals surface area contributed by atoms with Crippen LogP contribution in [0.15, 0.2) is 18.2 Å². The smallest absolute Gasteiger partial charge is 0.139 e. The number of halogens is 2. The van der Waals surface area contributed by atoms with Gasteiger partial charge < -0.3 is 11.1 Å². The van der Waals surface area contributed by atoms with Gasteiger partial charge in [0.15, 0.2) is 0 Å². The van der Waals surface area contributed by atoms with Gasteiger partial charge in [-0.2, -0.15) is 0 Å². The summed E-state index contributed by atoms with van der Waals surface area (Å²) in [7, 11) is 0. The second kappa shape index (κ2) is 5.96. The van der Waals surface area contributed by atoms with E-state index in [-0.39, 0.29) is 5.41 Å². The third-order valence-corrected chi connectivity index (χ3v) is 4.02. The number of nitrogens with zero attached hydrogens (tertiary/aromatic N) is 2. The average molecular weight is 417 g/mol. The zero-order chi connectivity index (χ0) is 15.8. The van der Waals surface area contributed by atoms with Crippen LogP contribution in [0.3, 0.4) is 0 Å². The summed E-state index contributed by atoms with van der Waals surface area (Å²) < 4.78 is 1.08. The quantitative estimate of drug-likeness (QED) is 0.699. The Kier molecular flexibility index (Phi) is 4.63. The van der Waals surface area contributed by atoms with E-state index in [0.29, 0.717) is 22.5 Å². The highest BCUT2D eigenvalue weighted by molar-refractivity contribution is 14.1. The highest BCUT2D eigenvalue weighted by Crippen LogP contribution is 2.30. The Labute approximate surface area is 143 Å². The number of nitrogens with one attached hydrogen (secondary N) is 1. The van der Waals surface area contributed by atoms with Crippen LogP contribution in [0.4, 0.5) is 17.3 Å². The first-order valence-electron chi connectivity index (χ1n) is 6.55. The molecule has 0 amide bonds. The van der Waals surface area contributed by atoms with Gasteiger partial charge in [-0.1, -0.05) is 32.4 Å². The van der Waals surface area contributed by atoms with Crippen molar-refractivity contribution in [2.75, 3.05) is 11.1 Å². The molecule has 0 saturated heterocycles. The lowest BCUT2D eigenvalue weighted by molar-refractivity contribution is 0.546. The molecule has 1 aromatic carbocycles. The first-order chi connectivity index (χ1) is 9.68. The highest BCUT2D eigenvalue weighted by Gasteiger charge is 2.20. The van der Waals surface area contributed by atoms with E-state index >= 15 is 0 Å². The first kappa shape index (κ1) is 16.3. The molecule has 2 rings (SSSR count). The topological polar surface area (TPSA) is 63.8 Å². The molecule has 0 aliphatic rings. The zero-order valence-corrected chi connectivity index (χ0v) is 15.4. The van der Waals surface area contributed by atoms with Crippen LogP contribution in [0.25, 0.3) is 0 Å². The minimum absolute atomic E-state index is 0.173. The lowest BCUT2D eigenvalue weighted by atomic mass is 9.95. The van der Waals surface area contributed by atoms with Crippen LogP contribution in [0.5, 0.6) is 0 Å². The van der Waals surface area contributed by atoms with Crippen LogP contribution in [0.1, 0.15) is 32.2 Å². The maximum Gasteiger partial charge on any atom is 0.139 e. The molecule has 2 aromatic rings. The zero-order valence-electron chi connectivity index (χ0n) is 12.5. The van der Waals surface area contributed by atoms with Crippen molar-refractivity contribution in [3.8, 4) is 0 Å². The van der Waals surface area contributed by atoms with E-state index < -0.39 is 0 Å². The highest BCUT2D eigenvalue weighted by atomic mass is 127. The summed E-state index contributed by atoms with van der Waals surface area (Å²) in [6.07, 6.45) is 0. The van der Waals surface area contributed by atoms with Crippen molar-refractivity contribution in [3.05, 3.63) is 38.2 Å². The van der Waals surface area contributed by atoms with Crippen molar-refractivity contribution in [1.29, 1.82) is 0 Å². The van der Waals surface area contributed by atoms with Gasteiger partial charge in [0.25, 0.3) is 0 Å². The second-order valence-electron chi connectivity index (χ2n) is 5.91. The molecule has 0 spiro atoms. The number of benzene rings is 1. The van der Waals surface area contributed by atoms with E-state index in [4.69, 9.17) is 17.3 Å². The maximum absolute atomic E-state index is 6.26. The largest absolute Gasteiger partial charge is 0.383 e. The summed E-state index contributed by atoms with van der Waals surface area (Å²) in [6, 6.07) is 5.81. The van der Waals surface area contributed by atoms with Gasteiger partial charge >= 0.3 is 0 Å². The minimum Gasteiger partial charge on any atom is -0.383 e. The summed E-state index contributed by atoms with van der Waals surface area (Å²) >= 11 is 8.48. The Morgan fingerprint density at radius 2 is 1.90 bits per heavy atom. The summed E-state index contributed by atoms with van der Waals surface area (Å²) in [5, 5.41) is 3.90. The second-order valence-corrected chi connectivity index (χ2v) is 7.56. The third-order valence-electron chi connectivity index (χ3n) is 3.04. The van der Waals surface area contributed by atoms with Gasteiger partial charge in [0, 0.05) is 14.5 Å². The normalized spacial score (nSPS) is 11.5. The van der Waals surface area contributed by atoms with Crippen LogP contribution < -0.4 is 11.1 Å². The standard InChI is InChI=1S/C15H18ClIN4/c1-8-12(18)20-14(15(2,3)4)21-13(8)19-11-6-5-9(17)7-10(11)16/h5-7H,1-4H3,(H3,18,19,20,21). The Hall–Kier alpha value is -1.08. The molecule has 0 bridgehead atoms. The summed E-state index contributed by atoms with van der Waals surface area (Å²) in [4.78, 5) is 8.98. The van der Waals surface area contributed by atoms with Gasteiger partial charge in [0.05, 0.1) is 10.7 Å². The van der Waals surface area contributed by atoms with Crippen molar-refractivity contribution in [2.45, 2.75) is 33.1 Å². The summed E-state index contributed by atoms with van der Waals surface area (Å²) in [6.45, 7) is 8.06. The van der Waals surface area contributed by atoms with Crippen LogP contribution in [-0.2, 0) is 5.41 Å². The monoisotopic (exact) mass is 416 g/mol. The number of rotatable bonds is 2. The average Bonchev–Trinajstić information content (AvgIpc) is 2.36. The SMILES string of the molecule is Cc1c(N)nc(C(C)(C)C)nc1Nc1ccc(I)cc1Cl. The first-order valence-corrected chi connectivity index (χ1v) is 8.01. The lowest BCUT2D eigenvalue weighted by Crippen LogP contribution is -2.18. The van der Waals surface area contributed by atoms with E-state index in [0.717, 1.165) is 14.8 Å². The Bertz CT molecular complexity index is 680. The molecule has 0 radical (unpaired) electrons. The van der Waals surface area contributed by atoms with E-state index in [2.05, 4.69) is 58.6 Å². The maximum atomic E-state index is 6.26. The Morgan fingerprint density at radius 3 is 2.48 bits per heavy atom. The third kappa shape index (κ3) is 3.77. The molecule has 0 unspecified atom stereocenters. The number of anilines is 3. The van der Waals surface area contributed by atoms with E-state index in [1.807, 2.05) is 25.1 Å². The van der Waals surface area contributed by atoms with Crippen molar-refractivity contribution in [2.24, 2.45) is 0 Å². The van der Waals surface area contributed by atoms with Gasteiger partial charge in [-0.15, -0.1) is 0 Å². The molecule has 0 atom stereocenters. The molecule has 3 N–H and O–H groups in total. The number of hydrogen-bond donors (Lipinski definition) is 2. The molecule has 0 aliphatic carbocycles. The van der Waals surface area contributed by atoms with Gasteiger partial charge in [0.1, 0.15) is 17.5 Å². The van der Waals surface area contributed by atoms with Crippen molar-refractivity contribution in [1.82, 2.24) is 9.97 Å². The van der Waals surface area contributed by atoms with Crippen LogP contribution in [-0.4, -0.2) is 9.97 Å². The van der Waals surface area contributed by atoms with Crippen LogP contribution in [0.2, 0.25) is 5.02 Å². The fourth-order valence-corrected chi connectivity index (χ4v) is 2.61. The van der Waals surface area contributed by atoms with Gasteiger partial charge in [-0.05, 0) is 47.7 Å². The van der Waals surface area contributed by atoms with Crippen molar-refractivity contribution < 1.29 is 0 Å². The van der Waals surface area contributed by atoms with E-state index in [1.54, 1.807) is 0 Å². The molecule has 1 heterocycles. The molecule has 21 heavy (non-hydrogen) atoms. The molecule has 1 aromatic heterocycles. The fraction of sp³-hybridized carbons (Fsp3) is 0.333. The molecular formula is C15H18ClIN4. The van der Waals surface area contributed by atoms with Crippen LogP contribution in [0, 0.1) is 10.5 Å². The molecule has 0 fully saturated rings. The number of nitrogen functional groups attached to an aromatic ring is 1. The molecule has 0 aliphatic heterocycles. The van der Waals surface area contributed by atoms with Gasteiger partial charge in [-0.25, -0.2) is 9.97 Å². The van der Waals surface area contributed by atoms with Crippen molar-refractivity contribution in [3.63, 3.8) is 0 Å². The minimum atomic E-state index is -0.173. The van der Waals surface area contributed by atoms with Gasteiger partial charge in [0.2, 0.25) is 0 Å². The van der Waals surface area contributed by atoms with E-state index in [9.17, 15) is 0 Å². The van der Waals surface area contributed by atoms with Crippen LogP contribution >= 0.6 is 34.2 Å².